The Kier molecular flexibility index (Phi) is 3.12. The largest absolute Gasteiger partial charge is 0.478 e. The molecule has 3 rings (SSSR count). The van der Waals surface area contributed by atoms with Gasteiger partial charge in [-0.3, -0.25) is 0 Å². The minimum Gasteiger partial charge on any atom is -0.478 e. The highest BCUT2D eigenvalue weighted by Gasteiger charge is 2.19. The Morgan fingerprint density at radius 2 is 1.65 bits per heavy atom. The van der Waals surface area contributed by atoms with E-state index in [-0.39, 0.29) is 10.6 Å². The molecule has 0 bridgehead atoms. The third-order valence-electron chi connectivity index (χ3n) is 3.09. The summed E-state index contributed by atoms with van der Waals surface area (Å²) in [5.74, 6) is -1.05. The van der Waals surface area contributed by atoms with Gasteiger partial charge < -0.3 is 5.11 Å². The first-order valence-corrected chi connectivity index (χ1v) is 6.43. The van der Waals surface area contributed by atoms with Gasteiger partial charge in [0.1, 0.15) is 0 Å². The van der Waals surface area contributed by atoms with Crippen LogP contribution in [0, 0.1) is 0 Å². The van der Waals surface area contributed by atoms with Gasteiger partial charge in [0, 0.05) is 10.9 Å². The SMILES string of the molecule is O=C(O)c1c(Cl)c(-c2ccccc2)nc2ccccc12. The molecule has 0 aliphatic rings. The predicted octanol–water partition coefficient (Wildman–Crippen LogP) is 4.25. The summed E-state index contributed by atoms with van der Waals surface area (Å²) in [6, 6.07) is 16.4. The van der Waals surface area contributed by atoms with Crippen molar-refractivity contribution in [3.05, 3.63) is 65.2 Å². The maximum atomic E-state index is 11.5. The van der Waals surface area contributed by atoms with E-state index in [0.717, 1.165) is 5.56 Å². The minimum absolute atomic E-state index is 0.0936. The summed E-state index contributed by atoms with van der Waals surface area (Å²) in [6.07, 6.45) is 0. The van der Waals surface area contributed by atoms with Crippen LogP contribution in [0.25, 0.3) is 22.2 Å². The number of nitrogens with zero attached hydrogens (tertiary/aromatic N) is 1. The summed E-state index contributed by atoms with van der Waals surface area (Å²) in [7, 11) is 0. The highest BCUT2D eigenvalue weighted by molar-refractivity contribution is 6.37. The van der Waals surface area contributed by atoms with E-state index in [1.807, 2.05) is 36.4 Å². The highest BCUT2D eigenvalue weighted by Crippen LogP contribution is 2.33. The Balaban J connectivity index is 2.40. The second-order valence-electron chi connectivity index (χ2n) is 4.34. The van der Waals surface area contributed by atoms with Crippen LogP contribution in [0.2, 0.25) is 5.02 Å². The molecule has 3 nitrogen and oxygen atoms in total. The van der Waals surface area contributed by atoms with Crippen molar-refractivity contribution >= 4 is 28.5 Å². The number of carbonyl (C=O) groups is 1. The lowest BCUT2D eigenvalue weighted by Crippen LogP contribution is -2.02. The summed E-state index contributed by atoms with van der Waals surface area (Å²) in [5.41, 5.74) is 2.00. The van der Waals surface area contributed by atoms with Crippen LogP contribution in [-0.2, 0) is 0 Å². The molecule has 0 atom stereocenters. The molecule has 0 saturated heterocycles. The van der Waals surface area contributed by atoms with Gasteiger partial charge in [0.05, 0.1) is 21.8 Å². The molecule has 0 unspecified atom stereocenters. The van der Waals surface area contributed by atoms with Gasteiger partial charge in [-0.05, 0) is 6.07 Å². The average Bonchev–Trinajstić information content (AvgIpc) is 2.47. The van der Waals surface area contributed by atoms with Crippen molar-refractivity contribution < 1.29 is 9.90 Å². The van der Waals surface area contributed by atoms with E-state index in [0.29, 0.717) is 16.6 Å². The number of para-hydroxylation sites is 1. The molecule has 0 amide bonds. The zero-order valence-corrected chi connectivity index (χ0v) is 11.1. The second-order valence-corrected chi connectivity index (χ2v) is 4.72. The lowest BCUT2D eigenvalue weighted by molar-refractivity contribution is 0.0699. The number of hydrogen-bond donors (Lipinski definition) is 1. The van der Waals surface area contributed by atoms with Crippen molar-refractivity contribution in [2.75, 3.05) is 0 Å². The Morgan fingerprint density at radius 1 is 1.00 bits per heavy atom. The maximum absolute atomic E-state index is 11.5. The Bertz CT molecular complexity index is 800. The molecular formula is C16H10ClNO2. The number of aromatic nitrogens is 1. The number of halogens is 1. The minimum atomic E-state index is -1.05. The van der Waals surface area contributed by atoms with Gasteiger partial charge >= 0.3 is 5.97 Å². The van der Waals surface area contributed by atoms with Crippen LogP contribution in [0.4, 0.5) is 0 Å². The first-order chi connectivity index (χ1) is 9.68. The smallest absolute Gasteiger partial charge is 0.337 e. The molecule has 0 fully saturated rings. The maximum Gasteiger partial charge on any atom is 0.337 e. The van der Waals surface area contributed by atoms with E-state index in [2.05, 4.69) is 4.98 Å². The molecule has 0 aliphatic carbocycles. The summed E-state index contributed by atoms with van der Waals surface area (Å²) < 4.78 is 0. The number of fused-ring (bicyclic) bond motifs is 1. The van der Waals surface area contributed by atoms with Gasteiger partial charge in [-0.1, -0.05) is 60.1 Å². The van der Waals surface area contributed by atoms with Crippen LogP contribution in [-0.4, -0.2) is 16.1 Å². The number of pyridine rings is 1. The fraction of sp³-hybridized carbons (Fsp3) is 0. The third kappa shape index (κ3) is 2.02. The van der Waals surface area contributed by atoms with Gasteiger partial charge in [0.25, 0.3) is 0 Å². The fourth-order valence-corrected chi connectivity index (χ4v) is 2.52. The van der Waals surface area contributed by atoms with Crippen molar-refractivity contribution in [1.29, 1.82) is 0 Å². The van der Waals surface area contributed by atoms with Crippen LogP contribution in [0.1, 0.15) is 10.4 Å². The van der Waals surface area contributed by atoms with Crippen molar-refractivity contribution in [2.24, 2.45) is 0 Å². The van der Waals surface area contributed by atoms with E-state index in [1.165, 1.54) is 0 Å². The fourth-order valence-electron chi connectivity index (χ4n) is 2.19. The van der Waals surface area contributed by atoms with Gasteiger partial charge in [-0.25, -0.2) is 9.78 Å². The summed E-state index contributed by atoms with van der Waals surface area (Å²) in [4.78, 5) is 16.0. The van der Waals surface area contributed by atoms with E-state index >= 15 is 0 Å². The second kappa shape index (κ2) is 4.94. The van der Waals surface area contributed by atoms with E-state index in [4.69, 9.17) is 11.6 Å². The molecule has 0 radical (unpaired) electrons. The summed E-state index contributed by atoms with van der Waals surface area (Å²) in [5, 5.41) is 10.1. The zero-order chi connectivity index (χ0) is 14.1. The number of carboxylic acid groups (broad SMARTS) is 1. The van der Waals surface area contributed by atoms with Crippen LogP contribution in [0.5, 0.6) is 0 Å². The van der Waals surface area contributed by atoms with Crippen LogP contribution < -0.4 is 0 Å². The van der Waals surface area contributed by atoms with E-state index in [9.17, 15) is 9.90 Å². The molecular weight excluding hydrogens is 274 g/mol. The zero-order valence-electron chi connectivity index (χ0n) is 10.4. The molecule has 3 aromatic rings. The van der Waals surface area contributed by atoms with Gasteiger partial charge in [-0.2, -0.15) is 0 Å². The first kappa shape index (κ1) is 12.6. The highest BCUT2D eigenvalue weighted by atomic mass is 35.5. The lowest BCUT2D eigenvalue weighted by Gasteiger charge is -2.10. The van der Waals surface area contributed by atoms with E-state index in [1.54, 1.807) is 18.2 Å². The van der Waals surface area contributed by atoms with Gasteiger partial charge in [0.15, 0.2) is 0 Å². The van der Waals surface area contributed by atoms with Crippen molar-refractivity contribution in [2.45, 2.75) is 0 Å². The van der Waals surface area contributed by atoms with Crippen LogP contribution >= 0.6 is 11.6 Å². The summed E-state index contributed by atoms with van der Waals surface area (Å²) >= 11 is 6.27. The number of aromatic carboxylic acids is 1. The third-order valence-corrected chi connectivity index (χ3v) is 3.46. The number of hydrogen-bond acceptors (Lipinski definition) is 2. The summed E-state index contributed by atoms with van der Waals surface area (Å²) in [6.45, 7) is 0. The lowest BCUT2D eigenvalue weighted by atomic mass is 10.0. The van der Waals surface area contributed by atoms with Crippen molar-refractivity contribution in [3.8, 4) is 11.3 Å². The molecule has 4 heteroatoms. The topological polar surface area (TPSA) is 50.2 Å². The van der Waals surface area contributed by atoms with E-state index < -0.39 is 5.97 Å². The molecule has 2 aromatic carbocycles. The molecule has 1 N–H and O–H groups in total. The average molecular weight is 284 g/mol. The quantitative estimate of drug-likeness (QED) is 0.765. The molecule has 0 saturated carbocycles. The normalized spacial score (nSPS) is 10.7. The van der Waals surface area contributed by atoms with Crippen LogP contribution in [0.15, 0.2) is 54.6 Å². The van der Waals surface area contributed by atoms with Gasteiger partial charge in [0.2, 0.25) is 0 Å². The molecule has 1 heterocycles. The molecule has 20 heavy (non-hydrogen) atoms. The predicted molar refractivity (Wildman–Crippen MR) is 79.1 cm³/mol. The molecule has 1 aromatic heterocycles. The number of rotatable bonds is 2. The van der Waals surface area contributed by atoms with Crippen LogP contribution in [0.3, 0.4) is 0 Å². The first-order valence-electron chi connectivity index (χ1n) is 6.05. The van der Waals surface area contributed by atoms with Crippen molar-refractivity contribution in [3.63, 3.8) is 0 Å². The molecule has 0 spiro atoms. The monoisotopic (exact) mass is 283 g/mol. The Labute approximate surface area is 120 Å². The number of carboxylic acids is 1. The molecule has 98 valence electrons. The Hall–Kier alpha value is -2.39. The Morgan fingerprint density at radius 3 is 2.35 bits per heavy atom. The van der Waals surface area contributed by atoms with Gasteiger partial charge in [-0.15, -0.1) is 0 Å². The number of benzene rings is 2. The standard InChI is InChI=1S/C16H10ClNO2/c17-14-13(16(19)20)11-8-4-5-9-12(11)18-15(14)10-6-2-1-3-7-10/h1-9H,(H,19,20). The van der Waals surface area contributed by atoms with Crippen molar-refractivity contribution in [1.82, 2.24) is 4.98 Å². The molecule has 0 aliphatic heterocycles.